The maximum absolute atomic E-state index is 15.4. The number of nitrogens with zero attached hydrogens (tertiary/aromatic N) is 1. The summed E-state index contributed by atoms with van der Waals surface area (Å²) >= 11 is 1.24. The lowest BCUT2D eigenvalue weighted by molar-refractivity contribution is 0.381. The van der Waals surface area contributed by atoms with Crippen LogP contribution in [0.3, 0.4) is 0 Å². The molecular formula is C35H14F10N4S. The number of rotatable bonds is 3. The van der Waals surface area contributed by atoms with Gasteiger partial charge in [0.25, 0.3) is 0 Å². The molecule has 1 aliphatic heterocycles. The van der Waals surface area contributed by atoms with Gasteiger partial charge in [-0.1, -0.05) is 6.07 Å². The minimum absolute atomic E-state index is 0.0315. The number of hydrogen-bond donors (Lipinski definition) is 3. The third-order valence-corrected chi connectivity index (χ3v) is 9.15. The zero-order valence-corrected chi connectivity index (χ0v) is 25.3. The summed E-state index contributed by atoms with van der Waals surface area (Å²) in [4.78, 5) is 13.8. The SMILES string of the molecule is Fc1c(F)c(F)c(-c2c3nc(c4ccc([nH]4)c(-c4c(F)c(F)c(F)c(F)c4F)c4ccc([nH]4)c(-c4cccs4)c4ccc2[nH]4)C=C3)c(F)c1F. The Labute approximate surface area is 276 Å². The van der Waals surface area contributed by atoms with E-state index in [9.17, 15) is 26.3 Å². The molecule has 8 rings (SSSR count). The first-order chi connectivity index (χ1) is 24.0. The highest BCUT2D eigenvalue weighted by Gasteiger charge is 2.31. The minimum Gasteiger partial charge on any atom is -0.354 e. The molecule has 0 fully saturated rings. The van der Waals surface area contributed by atoms with Crippen LogP contribution in [0.25, 0.3) is 77.9 Å². The molecule has 3 N–H and O–H groups in total. The number of H-pyrrole nitrogens is 3. The van der Waals surface area contributed by atoms with Crippen molar-refractivity contribution in [2.24, 2.45) is 0 Å². The summed E-state index contributed by atoms with van der Waals surface area (Å²) in [6.07, 6.45) is 2.59. The van der Waals surface area contributed by atoms with Crippen molar-refractivity contribution in [3.05, 3.63) is 123 Å². The largest absolute Gasteiger partial charge is 0.354 e. The number of halogens is 10. The summed E-state index contributed by atoms with van der Waals surface area (Å²) in [5.74, 6) is -21.7. The predicted octanol–water partition coefficient (Wildman–Crippen LogP) is 11.1. The second-order valence-electron chi connectivity index (χ2n) is 11.1. The summed E-state index contributed by atoms with van der Waals surface area (Å²) in [5, 5.41) is 1.72. The average Bonchev–Trinajstić information content (AvgIpc) is 3.96. The van der Waals surface area contributed by atoms with Gasteiger partial charge in [-0.3, -0.25) is 0 Å². The molecule has 1 aliphatic rings. The molecule has 0 radical (unpaired) electrons. The van der Waals surface area contributed by atoms with Crippen molar-refractivity contribution in [2.75, 3.05) is 0 Å². The van der Waals surface area contributed by atoms with E-state index in [0.717, 1.165) is 0 Å². The number of fused-ring (bicyclic) bond motifs is 9. The lowest BCUT2D eigenvalue weighted by Gasteiger charge is -2.10. The number of thiophene rings is 1. The van der Waals surface area contributed by atoms with Crippen LogP contribution >= 0.6 is 11.3 Å². The molecule has 2 aromatic carbocycles. The predicted molar refractivity (Wildman–Crippen MR) is 169 cm³/mol. The molecule has 8 bridgehead atoms. The molecule has 7 aromatic rings. The van der Waals surface area contributed by atoms with Crippen LogP contribution in [-0.2, 0) is 0 Å². The van der Waals surface area contributed by atoms with Gasteiger partial charge in [0.1, 0.15) is 0 Å². The van der Waals surface area contributed by atoms with Crippen LogP contribution in [0.4, 0.5) is 43.9 Å². The Hall–Kier alpha value is -5.83. The molecule has 0 saturated heterocycles. The smallest absolute Gasteiger partial charge is 0.200 e. The first-order valence-electron chi connectivity index (χ1n) is 14.4. The van der Waals surface area contributed by atoms with E-state index in [-0.39, 0.29) is 44.5 Å². The molecule has 6 heterocycles. The van der Waals surface area contributed by atoms with E-state index < -0.39 is 80.4 Å². The molecule has 250 valence electrons. The maximum atomic E-state index is 15.4. The number of benzene rings is 2. The fraction of sp³-hybridized carbons (Fsp3) is 0. The summed E-state index contributed by atoms with van der Waals surface area (Å²) in [6.45, 7) is 0. The standard InChI is InChI=1S/C35H14F10N4S/c36-26-24(27(37)31(41)34(44)30(26)40)22-16-5-3-12(46-16)13-4-6-17(47-13)23(25-28(38)32(42)35(45)33(43)29(25)39)19-10-8-15(49-19)21(20-2-1-11-50-20)14-7-9-18(22)48-14/h1-11,46,48-49H. The van der Waals surface area contributed by atoms with Gasteiger partial charge in [0.05, 0.1) is 28.0 Å². The zero-order chi connectivity index (χ0) is 35.2. The molecule has 4 nitrogen and oxygen atoms in total. The van der Waals surface area contributed by atoms with Crippen LogP contribution in [0.15, 0.2) is 53.9 Å². The lowest BCUT2D eigenvalue weighted by atomic mass is 10.0. The van der Waals surface area contributed by atoms with E-state index in [1.54, 1.807) is 17.5 Å². The summed E-state index contributed by atoms with van der Waals surface area (Å²) in [6, 6.07) is 11.7. The third kappa shape index (κ3) is 4.56. The summed E-state index contributed by atoms with van der Waals surface area (Å²) in [5.41, 5.74) is -2.93. The van der Waals surface area contributed by atoms with E-state index in [2.05, 4.69) is 19.9 Å². The van der Waals surface area contributed by atoms with Crippen LogP contribution in [0.2, 0.25) is 0 Å². The third-order valence-electron chi connectivity index (χ3n) is 8.26. The maximum Gasteiger partial charge on any atom is 0.200 e. The first kappa shape index (κ1) is 31.4. The highest BCUT2D eigenvalue weighted by Crippen LogP contribution is 2.41. The lowest BCUT2D eigenvalue weighted by Crippen LogP contribution is -2.05. The normalized spacial score (nSPS) is 12.1. The Kier molecular flexibility index (Phi) is 7.15. The van der Waals surface area contributed by atoms with Gasteiger partial charge in [0.2, 0.25) is 11.6 Å². The fourth-order valence-electron chi connectivity index (χ4n) is 6.01. The van der Waals surface area contributed by atoms with Crippen molar-refractivity contribution in [1.82, 2.24) is 19.9 Å². The molecule has 0 amide bonds. The Morgan fingerprint density at radius 2 is 0.760 bits per heavy atom. The van der Waals surface area contributed by atoms with E-state index in [4.69, 9.17) is 0 Å². The monoisotopic (exact) mass is 712 g/mol. The van der Waals surface area contributed by atoms with Crippen molar-refractivity contribution in [3.8, 4) is 32.7 Å². The van der Waals surface area contributed by atoms with Crippen molar-refractivity contribution in [3.63, 3.8) is 0 Å². The van der Waals surface area contributed by atoms with E-state index in [1.165, 1.54) is 59.9 Å². The molecule has 0 spiro atoms. The van der Waals surface area contributed by atoms with Crippen molar-refractivity contribution >= 4 is 56.6 Å². The molecule has 0 saturated carbocycles. The fourth-order valence-corrected chi connectivity index (χ4v) is 6.81. The molecule has 0 atom stereocenters. The second-order valence-corrected chi connectivity index (χ2v) is 12.0. The van der Waals surface area contributed by atoms with Gasteiger partial charge in [-0.05, 0) is 60.0 Å². The van der Waals surface area contributed by atoms with Crippen LogP contribution in [0.1, 0.15) is 11.4 Å². The summed E-state index contributed by atoms with van der Waals surface area (Å²) in [7, 11) is 0. The van der Waals surface area contributed by atoms with Crippen molar-refractivity contribution < 1.29 is 43.9 Å². The van der Waals surface area contributed by atoms with Gasteiger partial charge in [0.15, 0.2) is 46.5 Å². The molecule has 5 aromatic heterocycles. The zero-order valence-electron chi connectivity index (χ0n) is 24.5. The van der Waals surface area contributed by atoms with Crippen LogP contribution in [-0.4, -0.2) is 19.9 Å². The van der Waals surface area contributed by atoms with Crippen LogP contribution < -0.4 is 0 Å². The Bertz CT molecular complexity index is 2660. The Balaban J connectivity index is 1.60. The van der Waals surface area contributed by atoms with Crippen molar-refractivity contribution in [1.29, 1.82) is 0 Å². The molecule has 15 heteroatoms. The van der Waals surface area contributed by atoms with Gasteiger partial charge in [-0.15, -0.1) is 11.3 Å². The summed E-state index contributed by atoms with van der Waals surface area (Å²) < 4.78 is 148. The Morgan fingerprint density at radius 1 is 0.380 bits per heavy atom. The second kappa shape index (κ2) is 11.4. The van der Waals surface area contributed by atoms with Gasteiger partial charge in [-0.2, -0.15) is 0 Å². The van der Waals surface area contributed by atoms with Crippen molar-refractivity contribution in [2.45, 2.75) is 0 Å². The average molecular weight is 713 g/mol. The van der Waals surface area contributed by atoms with Gasteiger partial charge < -0.3 is 15.0 Å². The molecule has 0 aliphatic carbocycles. The van der Waals surface area contributed by atoms with Crippen LogP contribution in [0.5, 0.6) is 0 Å². The minimum atomic E-state index is -2.35. The number of nitrogens with one attached hydrogen (secondary N) is 3. The van der Waals surface area contributed by atoms with E-state index in [1.807, 2.05) is 0 Å². The number of aromatic nitrogens is 4. The topological polar surface area (TPSA) is 60.3 Å². The number of hydrogen-bond acceptors (Lipinski definition) is 2. The number of aromatic amines is 3. The van der Waals surface area contributed by atoms with E-state index in [0.29, 0.717) is 10.4 Å². The van der Waals surface area contributed by atoms with Gasteiger partial charge in [0, 0.05) is 49.2 Å². The highest BCUT2D eigenvalue weighted by atomic mass is 32.1. The highest BCUT2D eigenvalue weighted by molar-refractivity contribution is 7.13. The molecule has 50 heavy (non-hydrogen) atoms. The van der Waals surface area contributed by atoms with Gasteiger partial charge in [-0.25, -0.2) is 48.9 Å². The van der Waals surface area contributed by atoms with Crippen LogP contribution in [0, 0.1) is 58.2 Å². The van der Waals surface area contributed by atoms with Gasteiger partial charge >= 0.3 is 0 Å². The Morgan fingerprint density at radius 3 is 1.24 bits per heavy atom. The van der Waals surface area contributed by atoms with E-state index >= 15 is 17.6 Å². The molecule has 0 unspecified atom stereocenters. The molecular weight excluding hydrogens is 698 g/mol. The quantitative estimate of drug-likeness (QED) is 0.0953. The first-order valence-corrected chi connectivity index (χ1v) is 15.3.